The highest BCUT2D eigenvalue weighted by Crippen LogP contribution is 2.26. The minimum absolute atomic E-state index is 0.235. The first-order valence-electron chi connectivity index (χ1n) is 5.87. The number of fused-ring (bicyclic) bond motifs is 4. The van der Waals surface area contributed by atoms with Crippen molar-refractivity contribution in [3.63, 3.8) is 0 Å². The van der Waals surface area contributed by atoms with E-state index in [1.165, 1.54) is 12.1 Å². The SMILES string of the molecule is O=c1c2cc(F)ccc2[nH]c2c1oc1ccccc12. The summed E-state index contributed by atoms with van der Waals surface area (Å²) >= 11 is 0. The molecule has 0 radical (unpaired) electrons. The predicted octanol–water partition coefficient (Wildman–Crippen LogP) is 3.57. The topological polar surface area (TPSA) is 46.0 Å². The lowest BCUT2D eigenvalue weighted by molar-refractivity contribution is 0.629. The van der Waals surface area contributed by atoms with E-state index in [2.05, 4.69) is 4.98 Å². The summed E-state index contributed by atoms with van der Waals surface area (Å²) in [5.41, 5.74) is 1.84. The zero-order valence-corrected chi connectivity index (χ0v) is 9.74. The van der Waals surface area contributed by atoms with E-state index in [0.29, 0.717) is 22.0 Å². The molecule has 3 nitrogen and oxygen atoms in total. The van der Waals surface area contributed by atoms with Crippen LogP contribution in [0.15, 0.2) is 51.7 Å². The molecule has 0 aliphatic rings. The molecule has 4 heteroatoms. The van der Waals surface area contributed by atoms with Crippen LogP contribution in [0.4, 0.5) is 4.39 Å². The van der Waals surface area contributed by atoms with Crippen molar-refractivity contribution >= 4 is 33.0 Å². The summed E-state index contributed by atoms with van der Waals surface area (Å²) in [7, 11) is 0. The Morgan fingerprint density at radius 3 is 2.79 bits per heavy atom. The zero-order valence-electron chi connectivity index (χ0n) is 9.74. The summed E-state index contributed by atoms with van der Waals surface area (Å²) in [6.45, 7) is 0. The molecular formula is C15H8FNO2. The average molecular weight is 253 g/mol. The smallest absolute Gasteiger partial charge is 0.232 e. The van der Waals surface area contributed by atoms with Gasteiger partial charge in [-0.1, -0.05) is 12.1 Å². The van der Waals surface area contributed by atoms with E-state index < -0.39 is 5.82 Å². The Labute approximate surface area is 106 Å². The van der Waals surface area contributed by atoms with Crippen LogP contribution in [0.3, 0.4) is 0 Å². The van der Waals surface area contributed by atoms with E-state index in [-0.39, 0.29) is 11.0 Å². The molecule has 0 atom stereocenters. The van der Waals surface area contributed by atoms with Crippen molar-refractivity contribution in [3.8, 4) is 0 Å². The molecule has 0 saturated carbocycles. The van der Waals surface area contributed by atoms with Crippen LogP contribution in [0, 0.1) is 5.82 Å². The van der Waals surface area contributed by atoms with Gasteiger partial charge < -0.3 is 9.40 Å². The number of nitrogens with one attached hydrogen (secondary N) is 1. The second-order valence-corrected chi connectivity index (χ2v) is 4.45. The van der Waals surface area contributed by atoms with E-state index in [4.69, 9.17) is 4.42 Å². The van der Waals surface area contributed by atoms with Crippen molar-refractivity contribution in [1.82, 2.24) is 4.98 Å². The standard InChI is InChI=1S/C15H8FNO2/c16-8-5-6-11-10(7-8)14(18)15-13(17-11)9-3-1-2-4-12(9)19-15/h1-7H,(H,17,18). The van der Waals surface area contributed by atoms with Gasteiger partial charge in [0.25, 0.3) is 0 Å². The maximum atomic E-state index is 13.2. The molecule has 4 aromatic rings. The van der Waals surface area contributed by atoms with Gasteiger partial charge in [0, 0.05) is 5.39 Å². The van der Waals surface area contributed by atoms with Crippen LogP contribution in [-0.4, -0.2) is 4.98 Å². The van der Waals surface area contributed by atoms with Gasteiger partial charge in [-0.05, 0) is 30.3 Å². The van der Waals surface area contributed by atoms with Gasteiger partial charge in [-0.25, -0.2) is 4.39 Å². The lowest BCUT2D eigenvalue weighted by Crippen LogP contribution is -2.02. The molecule has 19 heavy (non-hydrogen) atoms. The molecule has 0 unspecified atom stereocenters. The highest BCUT2D eigenvalue weighted by atomic mass is 19.1. The number of para-hydroxylation sites is 1. The van der Waals surface area contributed by atoms with Crippen molar-refractivity contribution < 1.29 is 8.81 Å². The number of pyridine rings is 1. The molecule has 0 aliphatic heterocycles. The van der Waals surface area contributed by atoms with Crippen LogP contribution in [0.2, 0.25) is 0 Å². The number of hydrogen-bond donors (Lipinski definition) is 1. The minimum atomic E-state index is -0.437. The molecule has 92 valence electrons. The van der Waals surface area contributed by atoms with Crippen LogP contribution in [-0.2, 0) is 0 Å². The summed E-state index contributed by atoms with van der Waals surface area (Å²) < 4.78 is 18.8. The van der Waals surface area contributed by atoms with E-state index in [1.54, 1.807) is 12.1 Å². The monoisotopic (exact) mass is 253 g/mol. The van der Waals surface area contributed by atoms with Crippen molar-refractivity contribution in [1.29, 1.82) is 0 Å². The van der Waals surface area contributed by atoms with Crippen molar-refractivity contribution in [2.75, 3.05) is 0 Å². The molecule has 0 aliphatic carbocycles. The average Bonchev–Trinajstić information content (AvgIpc) is 2.79. The third-order valence-electron chi connectivity index (χ3n) is 3.29. The van der Waals surface area contributed by atoms with Crippen LogP contribution in [0.5, 0.6) is 0 Å². The Morgan fingerprint density at radius 2 is 1.89 bits per heavy atom. The molecular weight excluding hydrogens is 245 g/mol. The number of hydrogen-bond acceptors (Lipinski definition) is 2. The zero-order chi connectivity index (χ0) is 13.0. The molecule has 0 bridgehead atoms. The Morgan fingerprint density at radius 1 is 1.05 bits per heavy atom. The third kappa shape index (κ3) is 1.34. The summed E-state index contributed by atoms with van der Waals surface area (Å²) in [6, 6.07) is 11.5. The van der Waals surface area contributed by atoms with Gasteiger partial charge in [-0.2, -0.15) is 0 Å². The lowest BCUT2D eigenvalue weighted by Gasteiger charge is -1.98. The predicted molar refractivity (Wildman–Crippen MR) is 71.8 cm³/mol. The highest BCUT2D eigenvalue weighted by Gasteiger charge is 2.13. The fraction of sp³-hybridized carbons (Fsp3) is 0. The third-order valence-corrected chi connectivity index (χ3v) is 3.29. The lowest BCUT2D eigenvalue weighted by atomic mass is 10.1. The normalized spacial score (nSPS) is 11.6. The van der Waals surface area contributed by atoms with Crippen LogP contribution < -0.4 is 5.43 Å². The number of aromatic nitrogens is 1. The molecule has 1 N–H and O–H groups in total. The van der Waals surface area contributed by atoms with Gasteiger partial charge in [-0.3, -0.25) is 4.79 Å². The molecule has 2 heterocycles. The van der Waals surface area contributed by atoms with Crippen molar-refractivity contribution in [3.05, 3.63) is 58.5 Å². The first-order chi connectivity index (χ1) is 9.24. The first kappa shape index (κ1) is 10.3. The van der Waals surface area contributed by atoms with Crippen LogP contribution in [0.1, 0.15) is 0 Å². The largest absolute Gasteiger partial charge is 0.450 e. The highest BCUT2D eigenvalue weighted by molar-refractivity contribution is 6.05. The Bertz CT molecular complexity index is 997. The molecule has 0 amide bonds. The summed E-state index contributed by atoms with van der Waals surface area (Å²) in [6.07, 6.45) is 0. The molecule has 0 spiro atoms. The first-order valence-corrected chi connectivity index (χ1v) is 5.87. The second kappa shape index (κ2) is 3.45. The van der Waals surface area contributed by atoms with Crippen LogP contribution in [0.25, 0.3) is 33.0 Å². The van der Waals surface area contributed by atoms with Gasteiger partial charge in [0.2, 0.25) is 5.43 Å². The summed E-state index contributed by atoms with van der Waals surface area (Å²) in [5, 5.41) is 1.15. The Balaban J connectivity index is 2.33. The van der Waals surface area contributed by atoms with Gasteiger partial charge in [0.15, 0.2) is 5.58 Å². The quantitative estimate of drug-likeness (QED) is 0.520. The van der Waals surface area contributed by atoms with E-state index in [0.717, 1.165) is 5.39 Å². The van der Waals surface area contributed by atoms with E-state index in [1.807, 2.05) is 18.2 Å². The fourth-order valence-electron chi connectivity index (χ4n) is 2.40. The summed E-state index contributed by atoms with van der Waals surface area (Å²) in [4.78, 5) is 15.5. The molecule has 2 aromatic carbocycles. The van der Waals surface area contributed by atoms with Crippen LogP contribution >= 0.6 is 0 Å². The van der Waals surface area contributed by atoms with E-state index >= 15 is 0 Å². The summed E-state index contributed by atoms with van der Waals surface area (Å²) in [5.74, 6) is -0.437. The maximum absolute atomic E-state index is 13.2. The van der Waals surface area contributed by atoms with Gasteiger partial charge in [0.05, 0.1) is 16.4 Å². The van der Waals surface area contributed by atoms with Crippen molar-refractivity contribution in [2.45, 2.75) is 0 Å². The minimum Gasteiger partial charge on any atom is -0.450 e. The molecule has 2 aromatic heterocycles. The Kier molecular flexibility index (Phi) is 1.87. The molecule has 0 saturated heterocycles. The molecule has 4 rings (SSSR count). The number of H-pyrrole nitrogens is 1. The Hall–Kier alpha value is -2.62. The van der Waals surface area contributed by atoms with Gasteiger partial charge in [-0.15, -0.1) is 0 Å². The molecule has 0 fully saturated rings. The number of furan rings is 1. The fourth-order valence-corrected chi connectivity index (χ4v) is 2.40. The number of benzene rings is 2. The second-order valence-electron chi connectivity index (χ2n) is 4.45. The van der Waals surface area contributed by atoms with Crippen molar-refractivity contribution in [2.24, 2.45) is 0 Å². The van der Waals surface area contributed by atoms with Gasteiger partial charge >= 0.3 is 0 Å². The number of rotatable bonds is 0. The maximum Gasteiger partial charge on any atom is 0.232 e. The van der Waals surface area contributed by atoms with Gasteiger partial charge in [0.1, 0.15) is 11.4 Å². The number of halogens is 1. The number of aromatic amines is 1. The van der Waals surface area contributed by atoms with E-state index in [9.17, 15) is 9.18 Å².